The molecule has 20 heavy (non-hydrogen) atoms. The molecular weight excluding hydrogens is 298 g/mol. The van der Waals surface area contributed by atoms with Crippen molar-refractivity contribution in [2.24, 2.45) is 0 Å². The van der Waals surface area contributed by atoms with Crippen LogP contribution >= 0.6 is 11.3 Å². The van der Waals surface area contributed by atoms with Crippen molar-refractivity contribution in [3.8, 4) is 11.8 Å². The molecule has 0 amide bonds. The van der Waals surface area contributed by atoms with Crippen LogP contribution in [0.2, 0.25) is 0 Å². The molecule has 0 radical (unpaired) electrons. The highest BCUT2D eigenvalue weighted by molar-refractivity contribution is 7.89. The number of aliphatic hydroxyl groups is 1. The van der Waals surface area contributed by atoms with Crippen LogP contribution in [-0.4, -0.2) is 39.1 Å². The summed E-state index contributed by atoms with van der Waals surface area (Å²) in [6, 6.07) is 1.85. The number of hydrogen-bond acceptors (Lipinski definition) is 5. The van der Waals surface area contributed by atoms with Crippen molar-refractivity contribution in [1.29, 1.82) is 0 Å². The van der Waals surface area contributed by atoms with E-state index in [4.69, 9.17) is 9.84 Å². The lowest BCUT2D eigenvalue weighted by molar-refractivity contribution is 0.163. The second-order valence-corrected chi connectivity index (χ2v) is 6.84. The van der Waals surface area contributed by atoms with Crippen LogP contribution in [0.3, 0.4) is 0 Å². The van der Waals surface area contributed by atoms with Crippen LogP contribution in [0.5, 0.6) is 0 Å². The molecule has 0 saturated heterocycles. The summed E-state index contributed by atoms with van der Waals surface area (Å²) in [5.74, 6) is 5.70. The third kappa shape index (κ3) is 7.03. The Kier molecular flexibility index (Phi) is 7.80. The van der Waals surface area contributed by atoms with Gasteiger partial charge in [0, 0.05) is 35.4 Å². The normalized spacial score (nSPS) is 11.1. The Balaban J connectivity index is 2.44. The van der Waals surface area contributed by atoms with Crippen LogP contribution in [0, 0.1) is 11.8 Å². The number of nitrogens with one attached hydrogen (secondary N) is 1. The molecular formula is C13H19NO4S2. The summed E-state index contributed by atoms with van der Waals surface area (Å²) in [6.45, 7) is 2.85. The fourth-order valence-corrected chi connectivity index (χ4v) is 3.03. The van der Waals surface area contributed by atoms with Crippen LogP contribution in [0.1, 0.15) is 23.8 Å². The molecule has 0 atom stereocenters. The van der Waals surface area contributed by atoms with E-state index >= 15 is 0 Å². The molecule has 0 bridgehead atoms. The van der Waals surface area contributed by atoms with Crippen molar-refractivity contribution >= 4 is 21.4 Å². The molecule has 7 heteroatoms. The summed E-state index contributed by atoms with van der Waals surface area (Å²) in [7, 11) is -3.30. The molecule has 1 heterocycles. The van der Waals surface area contributed by atoms with Crippen molar-refractivity contribution in [3.05, 3.63) is 21.9 Å². The Morgan fingerprint density at radius 1 is 1.50 bits per heavy atom. The van der Waals surface area contributed by atoms with Gasteiger partial charge >= 0.3 is 0 Å². The molecule has 0 aliphatic rings. The molecule has 0 aromatic carbocycles. The molecule has 1 aromatic rings. The Morgan fingerprint density at radius 3 is 3.00 bits per heavy atom. The zero-order chi connectivity index (χ0) is 14.8. The van der Waals surface area contributed by atoms with E-state index < -0.39 is 10.0 Å². The van der Waals surface area contributed by atoms with E-state index in [1.807, 2.05) is 18.4 Å². The van der Waals surface area contributed by atoms with Gasteiger partial charge in [-0.25, -0.2) is 13.1 Å². The second-order valence-electron chi connectivity index (χ2n) is 3.91. The van der Waals surface area contributed by atoms with Crippen LogP contribution in [0.15, 0.2) is 11.4 Å². The lowest BCUT2D eigenvalue weighted by Gasteiger charge is -2.05. The van der Waals surface area contributed by atoms with Crippen LogP contribution in [-0.2, 0) is 21.3 Å². The van der Waals surface area contributed by atoms with Gasteiger partial charge in [0.05, 0.1) is 19.0 Å². The van der Waals surface area contributed by atoms with Crippen molar-refractivity contribution in [2.45, 2.75) is 19.9 Å². The van der Waals surface area contributed by atoms with Gasteiger partial charge in [0.2, 0.25) is 10.0 Å². The minimum atomic E-state index is -3.30. The number of ether oxygens (including phenoxy) is 1. The lowest BCUT2D eigenvalue weighted by Crippen LogP contribution is -2.27. The standard InChI is InChI=1S/C13H19NO4S2/c1-2-18-7-8-20(16,17)14-10-13-9-12(11-19-13)5-3-4-6-15/h9,11,14-15H,2,4,6-8,10H2,1H3. The van der Waals surface area contributed by atoms with E-state index in [9.17, 15) is 8.42 Å². The van der Waals surface area contributed by atoms with Crippen molar-refractivity contribution in [2.75, 3.05) is 25.6 Å². The fraction of sp³-hybridized carbons (Fsp3) is 0.538. The molecule has 0 fully saturated rings. The predicted molar refractivity (Wildman–Crippen MR) is 80.0 cm³/mol. The lowest BCUT2D eigenvalue weighted by atomic mass is 10.3. The maximum Gasteiger partial charge on any atom is 0.214 e. The molecule has 1 aromatic heterocycles. The average molecular weight is 317 g/mol. The van der Waals surface area contributed by atoms with Gasteiger partial charge in [-0.15, -0.1) is 11.3 Å². The highest BCUT2D eigenvalue weighted by Crippen LogP contribution is 2.13. The van der Waals surface area contributed by atoms with Crippen molar-refractivity contribution < 1.29 is 18.3 Å². The number of hydrogen-bond donors (Lipinski definition) is 2. The molecule has 1 rings (SSSR count). The second kappa shape index (κ2) is 9.10. The largest absolute Gasteiger partial charge is 0.395 e. The highest BCUT2D eigenvalue weighted by Gasteiger charge is 2.10. The van der Waals surface area contributed by atoms with Crippen LogP contribution in [0.4, 0.5) is 0 Å². The molecule has 0 unspecified atom stereocenters. The monoisotopic (exact) mass is 317 g/mol. The van der Waals surface area contributed by atoms with Gasteiger partial charge in [0.1, 0.15) is 0 Å². The van der Waals surface area contributed by atoms with Gasteiger partial charge in [0.15, 0.2) is 0 Å². The Hall–Kier alpha value is -0.910. The Labute approximate surface area is 124 Å². The molecule has 0 saturated carbocycles. The molecule has 2 N–H and O–H groups in total. The maximum atomic E-state index is 11.7. The van der Waals surface area contributed by atoms with Crippen molar-refractivity contribution in [1.82, 2.24) is 4.72 Å². The number of sulfonamides is 1. The predicted octanol–water partition coefficient (Wildman–Crippen LogP) is 0.938. The number of rotatable bonds is 8. The average Bonchev–Trinajstić information content (AvgIpc) is 2.85. The first-order chi connectivity index (χ1) is 9.57. The van der Waals surface area contributed by atoms with Gasteiger partial charge < -0.3 is 9.84 Å². The summed E-state index contributed by atoms with van der Waals surface area (Å²) >= 11 is 1.45. The molecule has 5 nitrogen and oxygen atoms in total. The Bertz CT molecular complexity index is 554. The first kappa shape index (κ1) is 17.1. The molecule has 112 valence electrons. The third-order valence-electron chi connectivity index (χ3n) is 2.29. The number of aliphatic hydroxyl groups excluding tert-OH is 1. The number of thiophene rings is 1. The quantitative estimate of drug-likeness (QED) is 0.553. The van der Waals surface area contributed by atoms with E-state index in [1.54, 1.807) is 0 Å². The van der Waals surface area contributed by atoms with E-state index in [1.165, 1.54) is 11.3 Å². The summed E-state index contributed by atoms with van der Waals surface area (Å²) in [4.78, 5) is 0.901. The zero-order valence-electron chi connectivity index (χ0n) is 11.4. The van der Waals surface area contributed by atoms with E-state index in [2.05, 4.69) is 16.6 Å². The van der Waals surface area contributed by atoms with Crippen LogP contribution in [0.25, 0.3) is 0 Å². The molecule has 0 spiro atoms. The molecule has 0 aliphatic heterocycles. The van der Waals surface area contributed by atoms with Gasteiger partial charge in [-0.2, -0.15) is 0 Å². The fourth-order valence-electron chi connectivity index (χ4n) is 1.33. The SMILES string of the molecule is CCOCCS(=O)(=O)NCc1cc(C#CCCO)cs1. The summed E-state index contributed by atoms with van der Waals surface area (Å²) in [5.41, 5.74) is 0.840. The summed E-state index contributed by atoms with van der Waals surface area (Å²) in [5, 5.41) is 10.5. The smallest absolute Gasteiger partial charge is 0.214 e. The van der Waals surface area contributed by atoms with Crippen molar-refractivity contribution in [3.63, 3.8) is 0 Å². The van der Waals surface area contributed by atoms with E-state index in [0.717, 1.165) is 10.4 Å². The first-order valence-electron chi connectivity index (χ1n) is 6.29. The first-order valence-corrected chi connectivity index (χ1v) is 8.83. The highest BCUT2D eigenvalue weighted by atomic mass is 32.2. The summed E-state index contributed by atoms with van der Waals surface area (Å²) in [6.07, 6.45) is 0.440. The third-order valence-corrected chi connectivity index (χ3v) is 4.52. The maximum absolute atomic E-state index is 11.7. The van der Waals surface area contributed by atoms with Crippen LogP contribution < -0.4 is 4.72 Å². The van der Waals surface area contributed by atoms with Gasteiger partial charge in [-0.1, -0.05) is 11.8 Å². The van der Waals surface area contributed by atoms with E-state index in [-0.39, 0.29) is 25.5 Å². The minimum Gasteiger partial charge on any atom is -0.395 e. The topological polar surface area (TPSA) is 75.6 Å². The van der Waals surface area contributed by atoms with E-state index in [0.29, 0.717) is 13.0 Å². The minimum absolute atomic E-state index is 0.0324. The molecule has 0 aliphatic carbocycles. The van der Waals surface area contributed by atoms with Gasteiger partial charge in [-0.3, -0.25) is 0 Å². The van der Waals surface area contributed by atoms with Gasteiger partial charge in [-0.05, 0) is 13.0 Å². The Morgan fingerprint density at radius 2 is 2.30 bits per heavy atom. The summed E-state index contributed by atoms with van der Waals surface area (Å²) < 4.78 is 30.9. The zero-order valence-corrected chi connectivity index (χ0v) is 13.0. The van der Waals surface area contributed by atoms with Gasteiger partial charge in [0.25, 0.3) is 0 Å².